The molecule has 2 aliphatic heterocycles. The number of carbonyl (C=O) groups is 1. The van der Waals surface area contributed by atoms with Crippen LogP contribution in [0.4, 0.5) is 15.9 Å². The molecule has 3 heterocycles. The van der Waals surface area contributed by atoms with Gasteiger partial charge in [0.2, 0.25) is 5.91 Å². The van der Waals surface area contributed by atoms with Crippen molar-refractivity contribution >= 4 is 34.7 Å². The lowest BCUT2D eigenvalue weighted by atomic mass is 9.93. The number of alkyl halides is 1. The Morgan fingerprint density at radius 2 is 2.00 bits per heavy atom. The number of piperazine rings is 1. The topological polar surface area (TPSA) is 55.3 Å². The maximum absolute atomic E-state index is 14.8. The van der Waals surface area contributed by atoms with Gasteiger partial charge < -0.3 is 14.7 Å². The Labute approximate surface area is 233 Å². The summed E-state index contributed by atoms with van der Waals surface area (Å²) in [5, 5.41) is 0.482. The summed E-state index contributed by atoms with van der Waals surface area (Å²) < 4.78 is 14.8. The predicted octanol–water partition coefficient (Wildman–Crippen LogP) is 4.96. The van der Waals surface area contributed by atoms with Gasteiger partial charge in [-0.25, -0.2) is 9.37 Å². The minimum Gasteiger partial charge on any atom is -0.365 e. The average Bonchev–Trinajstić information content (AvgIpc) is 2.91. The fourth-order valence-electron chi connectivity index (χ4n) is 5.50. The molecular weight excluding hydrogens is 499 g/mol. The Bertz CT molecular complexity index is 980. The summed E-state index contributed by atoms with van der Waals surface area (Å²) in [5.74, 6) is 1.40. The number of thioether (sulfide) groups is 1. The number of aliphatic imine (C=N–C) groups is 1. The summed E-state index contributed by atoms with van der Waals surface area (Å²) in [6.07, 6.45) is 1.31. The van der Waals surface area contributed by atoms with Gasteiger partial charge in [-0.2, -0.15) is 0 Å². The molecule has 2 fully saturated rings. The van der Waals surface area contributed by atoms with Gasteiger partial charge in [-0.1, -0.05) is 20.4 Å². The van der Waals surface area contributed by atoms with Gasteiger partial charge in [-0.15, -0.1) is 11.8 Å². The lowest BCUT2D eigenvalue weighted by Gasteiger charge is -2.54. The van der Waals surface area contributed by atoms with Crippen LogP contribution in [0, 0.1) is 12.8 Å². The molecule has 1 amide bonds. The molecule has 0 saturated carbocycles. The van der Waals surface area contributed by atoms with Crippen LogP contribution in [0.2, 0.25) is 0 Å². The van der Waals surface area contributed by atoms with Crippen LogP contribution in [0.15, 0.2) is 23.7 Å². The minimum atomic E-state index is -1.13. The maximum Gasteiger partial charge on any atom is 0.246 e. The van der Waals surface area contributed by atoms with Crippen molar-refractivity contribution in [1.82, 2.24) is 14.8 Å². The minimum absolute atomic E-state index is 0.0126. The monoisotopic (exact) mass is 546 g/mol. The quantitative estimate of drug-likeness (QED) is 0.210. The molecule has 1 aromatic rings. The van der Waals surface area contributed by atoms with E-state index in [4.69, 9.17) is 4.98 Å². The summed E-state index contributed by atoms with van der Waals surface area (Å²) in [6, 6.07) is 2.90. The first-order valence-electron chi connectivity index (χ1n) is 14.0. The number of hydrogen-bond donors (Lipinski definition) is 0. The zero-order chi connectivity index (χ0) is 28.0. The summed E-state index contributed by atoms with van der Waals surface area (Å²) in [6.45, 7) is 22.0. The van der Waals surface area contributed by atoms with Crippen LogP contribution in [-0.4, -0.2) is 96.4 Å². The van der Waals surface area contributed by atoms with Crippen molar-refractivity contribution in [3.05, 3.63) is 30.0 Å². The van der Waals surface area contributed by atoms with E-state index >= 15 is 0 Å². The van der Waals surface area contributed by atoms with Crippen molar-refractivity contribution in [1.29, 1.82) is 0 Å². The molecule has 1 aromatic heterocycles. The second kappa shape index (κ2) is 13.8. The molecule has 0 aliphatic carbocycles. The largest absolute Gasteiger partial charge is 0.365 e. The molecule has 9 heteroatoms. The lowest BCUT2D eigenvalue weighted by molar-refractivity contribution is -0.128. The van der Waals surface area contributed by atoms with Crippen LogP contribution in [0.1, 0.15) is 58.5 Å². The zero-order valence-electron chi connectivity index (χ0n) is 24.4. The third-order valence-corrected chi connectivity index (χ3v) is 9.63. The number of rotatable bonds is 12. The highest BCUT2D eigenvalue weighted by molar-refractivity contribution is 8.12. The number of nitrogens with zero attached hydrogens (tertiary/aromatic N) is 6. The fourth-order valence-corrected chi connectivity index (χ4v) is 6.22. The first-order valence-corrected chi connectivity index (χ1v) is 15.0. The molecule has 0 radical (unpaired) electrons. The highest BCUT2D eigenvalue weighted by Gasteiger charge is 2.41. The Kier molecular flexibility index (Phi) is 11.0. The molecule has 2 saturated heterocycles. The van der Waals surface area contributed by atoms with Crippen LogP contribution in [0.5, 0.6) is 0 Å². The summed E-state index contributed by atoms with van der Waals surface area (Å²) >= 11 is 1.77. The van der Waals surface area contributed by atoms with Gasteiger partial charge in [-0.05, 0) is 51.7 Å². The van der Waals surface area contributed by atoms with E-state index in [-0.39, 0.29) is 5.91 Å². The van der Waals surface area contributed by atoms with E-state index in [1.54, 1.807) is 25.7 Å². The molecule has 0 bridgehead atoms. The molecule has 7 nitrogen and oxygen atoms in total. The van der Waals surface area contributed by atoms with Gasteiger partial charge in [0.25, 0.3) is 0 Å². The zero-order valence-corrected chi connectivity index (χ0v) is 25.2. The second-order valence-electron chi connectivity index (χ2n) is 10.7. The van der Waals surface area contributed by atoms with E-state index < -0.39 is 6.17 Å². The van der Waals surface area contributed by atoms with Gasteiger partial charge in [0, 0.05) is 81.9 Å². The molecular formula is C29H47FN6OS. The van der Waals surface area contributed by atoms with Crippen molar-refractivity contribution in [3.63, 3.8) is 0 Å². The molecule has 0 N–H and O–H groups in total. The third-order valence-electron chi connectivity index (χ3n) is 8.40. The van der Waals surface area contributed by atoms with E-state index in [9.17, 15) is 9.18 Å². The molecule has 3 rings (SSSR count). The van der Waals surface area contributed by atoms with Crippen molar-refractivity contribution < 1.29 is 9.18 Å². The van der Waals surface area contributed by atoms with Gasteiger partial charge in [0.05, 0.1) is 11.2 Å². The fraction of sp³-hybridized carbons (Fsp3) is 0.690. The number of halogens is 1. The van der Waals surface area contributed by atoms with E-state index in [1.165, 1.54) is 6.08 Å². The van der Waals surface area contributed by atoms with Crippen molar-refractivity contribution in [2.45, 2.75) is 71.5 Å². The molecule has 0 aromatic carbocycles. The van der Waals surface area contributed by atoms with E-state index in [0.29, 0.717) is 28.9 Å². The Morgan fingerprint density at radius 3 is 2.55 bits per heavy atom. The van der Waals surface area contributed by atoms with Gasteiger partial charge in [0.15, 0.2) is 0 Å². The highest BCUT2D eigenvalue weighted by atomic mass is 32.2. The van der Waals surface area contributed by atoms with Crippen LogP contribution in [0.25, 0.3) is 0 Å². The molecule has 2 aliphatic rings. The normalized spacial score (nSPS) is 22.7. The predicted molar refractivity (Wildman–Crippen MR) is 161 cm³/mol. The third kappa shape index (κ3) is 6.89. The average molecular weight is 547 g/mol. The number of carbonyl (C=O) groups excluding carboxylic acids is 1. The molecule has 5 atom stereocenters. The second-order valence-corrected chi connectivity index (χ2v) is 11.9. The summed E-state index contributed by atoms with van der Waals surface area (Å²) in [5.41, 5.74) is 4.49. The van der Waals surface area contributed by atoms with Crippen LogP contribution >= 0.6 is 11.8 Å². The summed E-state index contributed by atoms with van der Waals surface area (Å²) in [4.78, 5) is 29.9. The molecule has 38 heavy (non-hydrogen) atoms. The van der Waals surface area contributed by atoms with Crippen molar-refractivity contribution in [2.75, 3.05) is 62.7 Å². The number of anilines is 2. The van der Waals surface area contributed by atoms with Crippen LogP contribution < -0.4 is 9.80 Å². The van der Waals surface area contributed by atoms with Crippen molar-refractivity contribution in [3.8, 4) is 0 Å². The SMILES string of the molecule is C=CC(=O)N1CCN(C2CN(c3cc(N(CC)CCC(C)C(C)SC=NC)nc(C(C)F)c3C)C2C)CC1. The van der Waals surface area contributed by atoms with Crippen LogP contribution in [-0.2, 0) is 4.79 Å². The van der Waals surface area contributed by atoms with E-state index in [2.05, 4.69) is 60.0 Å². The summed E-state index contributed by atoms with van der Waals surface area (Å²) in [7, 11) is 1.81. The van der Waals surface area contributed by atoms with Gasteiger partial charge in [-0.3, -0.25) is 14.7 Å². The number of amides is 1. The Hall–Kier alpha value is -2.13. The highest BCUT2D eigenvalue weighted by Crippen LogP contribution is 2.38. The van der Waals surface area contributed by atoms with Gasteiger partial charge in [0.1, 0.15) is 12.0 Å². The Balaban J connectivity index is 1.73. The number of hydrogen-bond acceptors (Lipinski definition) is 7. The first kappa shape index (κ1) is 30.4. The molecule has 212 valence electrons. The molecule has 5 unspecified atom stereocenters. The number of pyridine rings is 1. The number of aromatic nitrogens is 1. The van der Waals surface area contributed by atoms with Gasteiger partial charge >= 0.3 is 0 Å². The smallest absolute Gasteiger partial charge is 0.246 e. The lowest BCUT2D eigenvalue weighted by Crippen LogP contribution is -2.68. The van der Waals surface area contributed by atoms with Crippen LogP contribution in [0.3, 0.4) is 0 Å². The van der Waals surface area contributed by atoms with E-state index in [1.807, 2.05) is 17.4 Å². The Morgan fingerprint density at radius 1 is 1.32 bits per heavy atom. The standard InChI is InChI=1S/C29H47FN6OS/c1-9-28(37)35-15-13-34(14-16-35)26-18-36(23(26)6)25-17-27(32-29(21(25)4)22(5)30)33(10-2)12-11-20(3)24(7)38-19-31-8/h9,17,19-20,22-24,26H,1,10-16,18H2,2-8H3. The first-order chi connectivity index (χ1) is 18.1. The van der Waals surface area contributed by atoms with E-state index in [0.717, 1.165) is 69.3 Å². The maximum atomic E-state index is 14.8. The van der Waals surface area contributed by atoms with Crippen molar-refractivity contribution in [2.24, 2.45) is 10.9 Å². The molecule has 0 spiro atoms.